The first-order valence-electron chi connectivity index (χ1n) is 3.31. The number of thiol groups is 1. The van der Waals surface area contributed by atoms with Crippen LogP contribution in [0.15, 0.2) is 34.9 Å². The van der Waals surface area contributed by atoms with E-state index in [-0.39, 0.29) is 0 Å². The third kappa shape index (κ3) is 2.52. The van der Waals surface area contributed by atoms with Gasteiger partial charge in [0, 0.05) is 4.91 Å². The highest BCUT2D eigenvalue weighted by Gasteiger charge is 1.98. The summed E-state index contributed by atoms with van der Waals surface area (Å²) >= 11 is 8.95. The molecule has 0 aromatic rings. The number of thiocarbonyl (C=S) groups is 1. The predicted octanol–water partition coefficient (Wildman–Crippen LogP) is 2.19. The molecule has 0 radical (unpaired) electrons. The summed E-state index contributed by atoms with van der Waals surface area (Å²) in [6.07, 6.45) is 8.96. The standard InChI is InChI=1S/C8H9NS2/c10-6-9-7-4-2-1-3-5-8(7)11/h1-2,4-6,11H,3H2,(H,9,10). The van der Waals surface area contributed by atoms with Crippen LogP contribution in [0.2, 0.25) is 0 Å². The predicted molar refractivity (Wildman–Crippen MR) is 55.7 cm³/mol. The molecule has 0 unspecified atom stereocenters. The Kier molecular flexibility index (Phi) is 3.39. The maximum absolute atomic E-state index is 4.67. The van der Waals surface area contributed by atoms with Crippen molar-refractivity contribution in [2.24, 2.45) is 0 Å². The highest BCUT2D eigenvalue weighted by atomic mass is 32.1. The maximum Gasteiger partial charge on any atom is 0.0659 e. The van der Waals surface area contributed by atoms with Gasteiger partial charge in [-0.1, -0.05) is 30.4 Å². The second-order valence-corrected chi connectivity index (χ2v) is 2.81. The molecule has 58 valence electrons. The SMILES string of the molecule is S=CNC1=CC=CCC=C1S. The van der Waals surface area contributed by atoms with Crippen molar-refractivity contribution in [3.63, 3.8) is 0 Å². The number of nitrogens with one attached hydrogen (secondary N) is 1. The third-order valence-corrected chi connectivity index (χ3v) is 1.88. The average molecular weight is 183 g/mol. The van der Waals surface area contributed by atoms with Gasteiger partial charge in [-0.25, -0.2) is 0 Å². The Morgan fingerprint density at radius 1 is 1.64 bits per heavy atom. The first-order chi connectivity index (χ1) is 5.34. The van der Waals surface area contributed by atoms with Gasteiger partial charge in [0.15, 0.2) is 0 Å². The zero-order chi connectivity index (χ0) is 8.10. The second kappa shape index (κ2) is 4.36. The van der Waals surface area contributed by atoms with Gasteiger partial charge in [-0.2, -0.15) is 0 Å². The number of hydrogen-bond donors (Lipinski definition) is 2. The smallest absolute Gasteiger partial charge is 0.0659 e. The van der Waals surface area contributed by atoms with Crippen molar-refractivity contribution < 1.29 is 0 Å². The minimum absolute atomic E-state index is 0.929. The Morgan fingerprint density at radius 3 is 3.18 bits per heavy atom. The highest BCUT2D eigenvalue weighted by Crippen LogP contribution is 2.14. The summed E-state index contributed by atoms with van der Waals surface area (Å²) in [4.78, 5) is 0.941. The lowest BCUT2D eigenvalue weighted by molar-refractivity contribution is 1.22. The van der Waals surface area contributed by atoms with E-state index in [9.17, 15) is 0 Å². The van der Waals surface area contributed by atoms with Crippen LogP contribution in [0, 0.1) is 0 Å². The van der Waals surface area contributed by atoms with Crippen LogP contribution in [-0.2, 0) is 0 Å². The van der Waals surface area contributed by atoms with Crippen LogP contribution in [0.1, 0.15) is 6.42 Å². The normalized spacial score (nSPS) is 16.5. The molecular formula is C8H9NS2. The Balaban J connectivity index is 2.79. The summed E-state index contributed by atoms with van der Waals surface area (Å²) in [5.74, 6) is 0. The van der Waals surface area contributed by atoms with E-state index < -0.39 is 0 Å². The molecular weight excluding hydrogens is 174 g/mol. The summed E-state index contributed by atoms with van der Waals surface area (Å²) in [6.45, 7) is 0. The summed E-state index contributed by atoms with van der Waals surface area (Å²) in [7, 11) is 0. The van der Waals surface area contributed by atoms with E-state index in [0.29, 0.717) is 0 Å². The van der Waals surface area contributed by atoms with E-state index in [1.807, 2.05) is 18.2 Å². The first-order valence-corrected chi connectivity index (χ1v) is 4.23. The summed E-state index contributed by atoms with van der Waals surface area (Å²) in [5, 5.41) is 2.93. The Morgan fingerprint density at radius 2 is 2.45 bits per heavy atom. The van der Waals surface area contributed by atoms with Gasteiger partial charge in [-0.3, -0.25) is 0 Å². The quantitative estimate of drug-likeness (QED) is 0.503. The zero-order valence-corrected chi connectivity index (χ0v) is 7.66. The molecule has 0 aliphatic heterocycles. The van der Waals surface area contributed by atoms with Gasteiger partial charge in [-0.15, -0.1) is 12.6 Å². The molecule has 0 spiro atoms. The number of rotatable bonds is 2. The summed E-state index contributed by atoms with van der Waals surface area (Å²) < 4.78 is 0. The van der Waals surface area contributed by atoms with E-state index in [2.05, 4.69) is 36.2 Å². The fourth-order valence-corrected chi connectivity index (χ4v) is 1.17. The molecule has 11 heavy (non-hydrogen) atoms. The minimum atomic E-state index is 0.929. The Hall–Kier alpha value is -0.540. The van der Waals surface area contributed by atoms with Crippen molar-refractivity contribution >= 4 is 30.3 Å². The van der Waals surface area contributed by atoms with Gasteiger partial charge in [0.1, 0.15) is 0 Å². The van der Waals surface area contributed by atoms with Crippen molar-refractivity contribution in [2.45, 2.75) is 6.42 Å². The van der Waals surface area contributed by atoms with Gasteiger partial charge in [-0.05, 0) is 12.5 Å². The lowest BCUT2D eigenvalue weighted by atomic mass is 10.3. The summed E-state index contributed by atoms with van der Waals surface area (Å²) in [6, 6.07) is 0. The lowest BCUT2D eigenvalue weighted by Gasteiger charge is -2.02. The molecule has 1 nitrogen and oxygen atoms in total. The minimum Gasteiger partial charge on any atom is -0.352 e. The molecule has 0 aromatic heterocycles. The average Bonchev–Trinajstić information content (AvgIpc) is 2.18. The van der Waals surface area contributed by atoms with Gasteiger partial charge < -0.3 is 5.32 Å². The lowest BCUT2D eigenvalue weighted by Crippen LogP contribution is -2.08. The molecule has 0 aromatic carbocycles. The molecule has 0 heterocycles. The molecule has 0 saturated carbocycles. The van der Waals surface area contributed by atoms with Crippen molar-refractivity contribution in [2.75, 3.05) is 0 Å². The van der Waals surface area contributed by atoms with Crippen molar-refractivity contribution in [1.29, 1.82) is 0 Å². The molecule has 1 aliphatic carbocycles. The largest absolute Gasteiger partial charge is 0.352 e. The van der Waals surface area contributed by atoms with Crippen LogP contribution in [0.5, 0.6) is 0 Å². The number of hydrogen-bond acceptors (Lipinski definition) is 2. The highest BCUT2D eigenvalue weighted by molar-refractivity contribution is 7.84. The Bertz CT molecular complexity index is 238. The van der Waals surface area contributed by atoms with E-state index in [0.717, 1.165) is 17.0 Å². The van der Waals surface area contributed by atoms with Gasteiger partial charge in [0.25, 0.3) is 0 Å². The summed E-state index contributed by atoms with van der Waals surface area (Å²) in [5.41, 5.74) is 2.44. The topological polar surface area (TPSA) is 12.0 Å². The molecule has 0 amide bonds. The van der Waals surface area contributed by atoms with Crippen LogP contribution >= 0.6 is 24.8 Å². The van der Waals surface area contributed by atoms with Crippen molar-refractivity contribution in [1.82, 2.24) is 5.32 Å². The monoisotopic (exact) mass is 183 g/mol. The van der Waals surface area contributed by atoms with Crippen LogP contribution < -0.4 is 5.32 Å². The second-order valence-electron chi connectivity index (χ2n) is 2.10. The van der Waals surface area contributed by atoms with E-state index in [1.165, 1.54) is 5.49 Å². The maximum atomic E-state index is 4.67. The Labute approximate surface area is 77.3 Å². The molecule has 3 heteroatoms. The molecule has 0 bridgehead atoms. The zero-order valence-electron chi connectivity index (χ0n) is 5.95. The van der Waals surface area contributed by atoms with Crippen molar-refractivity contribution in [3.8, 4) is 0 Å². The van der Waals surface area contributed by atoms with Gasteiger partial charge in [0.05, 0.1) is 11.2 Å². The fourth-order valence-electron chi connectivity index (χ4n) is 0.803. The van der Waals surface area contributed by atoms with Crippen LogP contribution in [0.25, 0.3) is 0 Å². The molecule has 1 aliphatic rings. The van der Waals surface area contributed by atoms with Crippen LogP contribution in [-0.4, -0.2) is 5.49 Å². The first kappa shape index (κ1) is 8.56. The third-order valence-electron chi connectivity index (χ3n) is 1.34. The van der Waals surface area contributed by atoms with Gasteiger partial charge >= 0.3 is 0 Å². The van der Waals surface area contributed by atoms with Crippen LogP contribution in [0.4, 0.5) is 0 Å². The molecule has 0 atom stereocenters. The van der Waals surface area contributed by atoms with E-state index >= 15 is 0 Å². The molecule has 1 N–H and O–H groups in total. The van der Waals surface area contributed by atoms with E-state index in [1.54, 1.807) is 0 Å². The van der Waals surface area contributed by atoms with Gasteiger partial charge in [0.2, 0.25) is 0 Å². The van der Waals surface area contributed by atoms with Crippen molar-refractivity contribution in [3.05, 3.63) is 34.9 Å². The molecule has 1 rings (SSSR count). The van der Waals surface area contributed by atoms with Crippen LogP contribution in [0.3, 0.4) is 0 Å². The van der Waals surface area contributed by atoms with E-state index in [4.69, 9.17) is 0 Å². The number of allylic oxidation sites excluding steroid dienone is 4. The molecule has 0 saturated heterocycles. The molecule has 0 fully saturated rings. The fraction of sp³-hybridized carbons (Fsp3) is 0.125.